The van der Waals surface area contributed by atoms with Gasteiger partial charge >= 0.3 is 0 Å². The molecule has 1 amide bonds. The summed E-state index contributed by atoms with van der Waals surface area (Å²) in [7, 11) is -3.83. The van der Waals surface area contributed by atoms with Gasteiger partial charge in [-0.15, -0.1) is 0 Å². The van der Waals surface area contributed by atoms with Gasteiger partial charge in [-0.05, 0) is 36.2 Å². The molecule has 40 heavy (non-hydrogen) atoms. The molecule has 0 bridgehead atoms. The van der Waals surface area contributed by atoms with E-state index < -0.39 is 10.0 Å². The third-order valence-electron chi connectivity index (χ3n) is 6.38. The molecule has 1 saturated heterocycles. The van der Waals surface area contributed by atoms with Crippen LogP contribution in [0.2, 0.25) is 0 Å². The molecule has 0 aliphatic carbocycles. The topological polar surface area (TPSA) is 149 Å². The van der Waals surface area contributed by atoms with E-state index >= 15 is 0 Å². The van der Waals surface area contributed by atoms with Crippen LogP contribution in [0.1, 0.15) is 47.8 Å². The first-order valence-electron chi connectivity index (χ1n) is 13.4. The van der Waals surface area contributed by atoms with Gasteiger partial charge in [0.05, 0.1) is 30.3 Å². The Morgan fingerprint density at radius 2 is 1.77 bits per heavy atom. The number of rotatable bonds is 13. The number of aromatic nitrogens is 2. The minimum Gasteiger partial charge on any atom is -0.378 e. The summed E-state index contributed by atoms with van der Waals surface area (Å²) in [5.74, 6) is 0.451. The number of morpholine rings is 1. The van der Waals surface area contributed by atoms with E-state index in [4.69, 9.17) is 24.6 Å². The molecule has 0 unspecified atom stereocenters. The molecule has 2 heterocycles. The van der Waals surface area contributed by atoms with Crippen LogP contribution in [0.15, 0.2) is 59.5 Å². The quantitative estimate of drug-likeness (QED) is 0.264. The van der Waals surface area contributed by atoms with E-state index in [9.17, 15) is 13.2 Å². The molecule has 0 atom stereocenters. The molecular formula is C28H36N6O5S. The maximum Gasteiger partial charge on any atom is 0.270 e. The SMILES string of the molecule is CCCCCOCc1c(Nc2ccc(S(N)(=O)=O)cc2)nc(N2CCOCC2)nc1C(=O)NCc1ccccc1. The van der Waals surface area contributed by atoms with Crippen LogP contribution in [0.25, 0.3) is 0 Å². The largest absolute Gasteiger partial charge is 0.378 e. The number of carbonyl (C=O) groups is 1. The molecule has 1 aliphatic heterocycles. The number of anilines is 3. The Hall–Kier alpha value is -3.58. The normalized spacial score (nSPS) is 13.7. The number of nitrogens with one attached hydrogen (secondary N) is 2. The highest BCUT2D eigenvalue weighted by Gasteiger charge is 2.24. The van der Waals surface area contributed by atoms with Crippen molar-refractivity contribution in [2.45, 2.75) is 44.2 Å². The van der Waals surface area contributed by atoms with Crippen molar-refractivity contribution in [2.24, 2.45) is 5.14 Å². The lowest BCUT2D eigenvalue weighted by Crippen LogP contribution is -2.38. The highest BCUT2D eigenvalue weighted by Crippen LogP contribution is 2.27. The molecule has 4 rings (SSSR count). The summed E-state index contributed by atoms with van der Waals surface area (Å²) in [5.41, 5.74) is 2.26. The van der Waals surface area contributed by atoms with E-state index in [1.807, 2.05) is 35.2 Å². The summed E-state index contributed by atoms with van der Waals surface area (Å²) < 4.78 is 34.9. The smallest absolute Gasteiger partial charge is 0.270 e. The van der Waals surface area contributed by atoms with Gasteiger partial charge in [-0.3, -0.25) is 4.79 Å². The summed E-state index contributed by atoms with van der Waals surface area (Å²) in [5, 5.41) is 11.5. The average Bonchev–Trinajstić information content (AvgIpc) is 2.97. The molecule has 1 fully saturated rings. The zero-order valence-electron chi connectivity index (χ0n) is 22.6. The summed E-state index contributed by atoms with van der Waals surface area (Å²) >= 11 is 0. The number of benzene rings is 2. The summed E-state index contributed by atoms with van der Waals surface area (Å²) in [6.45, 7) is 5.34. The highest BCUT2D eigenvalue weighted by atomic mass is 32.2. The van der Waals surface area contributed by atoms with Crippen LogP contribution >= 0.6 is 0 Å². The van der Waals surface area contributed by atoms with Gasteiger partial charge in [0.1, 0.15) is 11.5 Å². The van der Waals surface area contributed by atoms with E-state index in [0.717, 1.165) is 24.8 Å². The lowest BCUT2D eigenvalue weighted by molar-refractivity contribution is 0.0928. The number of hydrogen-bond acceptors (Lipinski definition) is 9. The number of nitrogens with two attached hydrogens (primary N) is 1. The van der Waals surface area contributed by atoms with Crippen LogP contribution in [-0.4, -0.2) is 57.2 Å². The van der Waals surface area contributed by atoms with Crippen molar-refractivity contribution in [3.63, 3.8) is 0 Å². The Kier molecular flexibility index (Phi) is 10.4. The second-order valence-electron chi connectivity index (χ2n) is 9.42. The van der Waals surface area contributed by atoms with Crippen LogP contribution in [-0.2, 0) is 32.6 Å². The van der Waals surface area contributed by atoms with Gasteiger partial charge in [-0.25, -0.2) is 18.5 Å². The Bertz CT molecular complexity index is 1360. The van der Waals surface area contributed by atoms with Gasteiger partial charge in [0.25, 0.3) is 5.91 Å². The fourth-order valence-electron chi connectivity index (χ4n) is 4.16. The number of primary sulfonamides is 1. The predicted molar refractivity (Wildman–Crippen MR) is 153 cm³/mol. The van der Waals surface area contributed by atoms with E-state index in [1.54, 1.807) is 12.1 Å². The third-order valence-corrected chi connectivity index (χ3v) is 7.31. The van der Waals surface area contributed by atoms with Crippen molar-refractivity contribution in [3.8, 4) is 0 Å². The predicted octanol–water partition coefficient (Wildman–Crippen LogP) is 3.34. The van der Waals surface area contributed by atoms with Crippen LogP contribution in [0.5, 0.6) is 0 Å². The van der Waals surface area contributed by atoms with Gasteiger partial charge in [0.2, 0.25) is 16.0 Å². The molecule has 1 aliphatic rings. The Balaban J connectivity index is 1.69. The Morgan fingerprint density at radius 3 is 2.45 bits per heavy atom. The molecule has 3 aromatic rings. The number of amides is 1. The van der Waals surface area contributed by atoms with Crippen molar-refractivity contribution in [1.82, 2.24) is 15.3 Å². The molecule has 4 N–H and O–H groups in total. The van der Waals surface area contributed by atoms with E-state index in [2.05, 4.69) is 17.6 Å². The molecule has 214 valence electrons. The van der Waals surface area contributed by atoms with Crippen molar-refractivity contribution >= 4 is 33.4 Å². The summed E-state index contributed by atoms with van der Waals surface area (Å²) in [6, 6.07) is 15.7. The summed E-state index contributed by atoms with van der Waals surface area (Å²) in [4.78, 5) is 25.0. The molecule has 12 heteroatoms. The highest BCUT2D eigenvalue weighted by molar-refractivity contribution is 7.89. The van der Waals surface area contributed by atoms with Crippen molar-refractivity contribution in [3.05, 3.63) is 71.4 Å². The summed E-state index contributed by atoms with van der Waals surface area (Å²) in [6.07, 6.45) is 3.00. The Labute approximate surface area is 235 Å². The van der Waals surface area contributed by atoms with Gasteiger partial charge in [0.15, 0.2) is 0 Å². The number of ether oxygens (including phenoxy) is 2. The zero-order chi connectivity index (χ0) is 28.4. The minimum absolute atomic E-state index is 0.00444. The zero-order valence-corrected chi connectivity index (χ0v) is 23.5. The van der Waals surface area contributed by atoms with Gasteiger partial charge in [-0.2, -0.15) is 4.98 Å². The first kappa shape index (κ1) is 29.4. The number of hydrogen-bond donors (Lipinski definition) is 3. The molecule has 0 spiro atoms. The standard InChI is InChI=1S/C28H36N6O5S/c1-2-3-7-16-39-20-24-25(27(35)30-19-21-8-5-4-6-9-21)32-28(34-14-17-38-18-15-34)33-26(24)31-22-10-12-23(13-11-22)40(29,36)37/h4-6,8-13H,2-3,7,14-20H2,1H3,(H,30,35)(H2,29,36,37)(H,31,32,33). The monoisotopic (exact) mass is 568 g/mol. The lowest BCUT2D eigenvalue weighted by atomic mass is 10.1. The fraction of sp³-hybridized carbons (Fsp3) is 0.393. The maximum absolute atomic E-state index is 13.6. The Morgan fingerprint density at radius 1 is 1.05 bits per heavy atom. The number of nitrogens with zero attached hydrogens (tertiary/aromatic N) is 3. The molecule has 2 aromatic carbocycles. The van der Waals surface area contributed by atoms with Crippen LogP contribution < -0.4 is 20.7 Å². The second-order valence-corrected chi connectivity index (χ2v) is 11.0. The molecule has 11 nitrogen and oxygen atoms in total. The van der Waals surface area contributed by atoms with Crippen molar-refractivity contribution in [1.29, 1.82) is 0 Å². The average molecular weight is 569 g/mol. The van der Waals surface area contributed by atoms with Gasteiger partial charge < -0.3 is 25.0 Å². The molecular weight excluding hydrogens is 532 g/mol. The lowest BCUT2D eigenvalue weighted by Gasteiger charge is -2.28. The molecule has 1 aromatic heterocycles. The molecule has 0 saturated carbocycles. The van der Waals surface area contributed by atoms with E-state index in [1.165, 1.54) is 12.1 Å². The van der Waals surface area contributed by atoms with Gasteiger partial charge in [-0.1, -0.05) is 50.1 Å². The van der Waals surface area contributed by atoms with Crippen molar-refractivity contribution in [2.75, 3.05) is 43.1 Å². The van der Waals surface area contributed by atoms with Gasteiger partial charge in [0, 0.05) is 31.9 Å². The van der Waals surface area contributed by atoms with Crippen LogP contribution in [0, 0.1) is 0 Å². The fourth-order valence-corrected chi connectivity index (χ4v) is 4.68. The van der Waals surface area contributed by atoms with Crippen LogP contribution in [0.4, 0.5) is 17.5 Å². The number of sulfonamides is 1. The second kappa shape index (κ2) is 14.2. The third kappa shape index (κ3) is 8.21. The van der Waals surface area contributed by atoms with Crippen molar-refractivity contribution < 1.29 is 22.7 Å². The van der Waals surface area contributed by atoms with E-state index in [0.29, 0.717) is 62.5 Å². The van der Waals surface area contributed by atoms with Crippen LogP contribution in [0.3, 0.4) is 0 Å². The van der Waals surface area contributed by atoms with E-state index in [-0.39, 0.29) is 23.1 Å². The number of unbranched alkanes of at least 4 members (excludes halogenated alkanes) is 2. The minimum atomic E-state index is -3.83. The first-order valence-corrected chi connectivity index (χ1v) is 14.9. The number of carbonyl (C=O) groups excluding carboxylic acids is 1. The first-order chi connectivity index (χ1) is 19.3. The molecule has 0 radical (unpaired) electrons. The maximum atomic E-state index is 13.6.